The van der Waals surface area contributed by atoms with Crippen LogP contribution in [0.4, 0.5) is 0 Å². The zero-order valence-corrected chi connectivity index (χ0v) is 18.8. The van der Waals surface area contributed by atoms with Crippen LogP contribution in [0.25, 0.3) is 10.4 Å². The Bertz CT molecular complexity index is 1280. The largest absolute Gasteiger partial charge is 0.348 e. The zero-order chi connectivity index (χ0) is 22.4. The lowest BCUT2D eigenvalue weighted by molar-refractivity contribution is 0.0951. The van der Waals surface area contributed by atoms with Crippen LogP contribution < -0.4 is 10.0 Å². The predicted octanol–water partition coefficient (Wildman–Crippen LogP) is 4.82. The number of hydrogen-bond acceptors (Lipinski definition) is 4. The van der Waals surface area contributed by atoms with Crippen LogP contribution in [-0.2, 0) is 23.1 Å². The number of hydrogen-bond donors (Lipinski definition) is 2. The second-order valence-corrected chi connectivity index (χ2v) is 10.3. The van der Waals surface area contributed by atoms with Crippen LogP contribution in [0, 0.1) is 0 Å². The highest BCUT2D eigenvalue weighted by molar-refractivity contribution is 7.91. The molecule has 0 saturated carbocycles. The number of sulfonamides is 1. The molecule has 0 aliphatic rings. The zero-order valence-electron chi connectivity index (χ0n) is 17.2. The van der Waals surface area contributed by atoms with E-state index >= 15 is 0 Å². The molecular weight excluding hydrogens is 440 g/mol. The molecule has 1 amide bonds. The molecule has 0 fully saturated rings. The number of nitrogens with one attached hydrogen (secondary N) is 2. The van der Waals surface area contributed by atoms with Crippen molar-refractivity contribution >= 4 is 27.3 Å². The van der Waals surface area contributed by atoms with E-state index in [1.54, 1.807) is 30.3 Å². The lowest BCUT2D eigenvalue weighted by Crippen LogP contribution is -2.23. The van der Waals surface area contributed by atoms with E-state index in [1.807, 2.05) is 66.7 Å². The minimum Gasteiger partial charge on any atom is -0.348 e. The second-order valence-electron chi connectivity index (χ2n) is 7.17. The van der Waals surface area contributed by atoms with E-state index in [2.05, 4.69) is 10.0 Å². The highest BCUT2D eigenvalue weighted by Gasteiger charge is 2.17. The highest BCUT2D eigenvalue weighted by Crippen LogP contribution is 2.30. The smallest absolute Gasteiger partial charge is 0.251 e. The molecule has 1 heterocycles. The van der Waals surface area contributed by atoms with Crippen molar-refractivity contribution in [3.63, 3.8) is 0 Å². The summed E-state index contributed by atoms with van der Waals surface area (Å²) in [6.45, 7) is 0.597. The molecule has 4 aromatic rings. The van der Waals surface area contributed by atoms with Gasteiger partial charge in [0, 0.05) is 23.5 Å². The molecule has 32 heavy (non-hydrogen) atoms. The average molecular weight is 463 g/mol. The van der Waals surface area contributed by atoms with E-state index in [0.717, 1.165) is 21.6 Å². The van der Waals surface area contributed by atoms with Gasteiger partial charge in [0.25, 0.3) is 5.91 Å². The topological polar surface area (TPSA) is 75.3 Å². The standard InChI is InChI=1S/C25H22N2O3S2/c28-25(26-17-19-7-3-1-4-8-19)22-13-11-20(12-14-22)18-27-32(29,30)24-16-15-23(31-24)21-9-5-2-6-10-21/h1-16,27H,17-18H2,(H,26,28). The van der Waals surface area contributed by atoms with Crippen molar-refractivity contribution in [1.82, 2.24) is 10.0 Å². The van der Waals surface area contributed by atoms with E-state index < -0.39 is 10.0 Å². The normalized spacial score (nSPS) is 11.2. The number of carbonyl (C=O) groups is 1. The van der Waals surface area contributed by atoms with Crippen LogP contribution in [0.1, 0.15) is 21.5 Å². The maximum atomic E-state index is 12.7. The number of rotatable bonds is 8. The van der Waals surface area contributed by atoms with Crippen LogP contribution in [0.5, 0.6) is 0 Å². The Morgan fingerprint density at radius 2 is 1.34 bits per heavy atom. The molecule has 0 unspecified atom stereocenters. The first-order valence-electron chi connectivity index (χ1n) is 10.1. The molecule has 0 bridgehead atoms. The van der Waals surface area contributed by atoms with Gasteiger partial charge in [-0.15, -0.1) is 11.3 Å². The minimum atomic E-state index is -3.62. The summed E-state index contributed by atoms with van der Waals surface area (Å²) in [7, 11) is -3.62. The molecule has 162 valence electrons. The number of thiophene rings is 1. The minimum absolute atomic E-state index is 0.146. The fraction of sp³-hybridized carbons (Fsp3) is 0.0800. The van der Waals surface area contributed by atoms with Crippen LogP contribution >= 0.6 is 11.3 Å². The molecule has 0 aliphatic heterocycles. The van der Waals surface area contributed by atoms with E-state index in [0.29, 0.717) is 12.1 Å². The van der Waals surface area contributed by atoms with Gasteiger partial charge in [0.05, 0.1) is 0 Å². The Kier molecular flexibility index (Phi) is 6.80. The summed E-state index contributed by atoms with van der Waals surface area (Å²) in [6, 6.07) is 29.7. The average Bonchev–Trinajstić information content (AvgIpc) is 3.34. The van der Waals surface area contributed by atoms with E-state index in [1.165, 1.54) is 11.3 Å². The third-order valence-electron chi connectivity index (χ3n) is 4.88. The lowest BCUT2D eigenvalue weighted by atomic mass is 10.1. The van der Waals surface area contributed by atoms with Crippen LogP contribution in [-0.4, -0.2) is 14.3 Å². The molecule has 0 saturated heterocycles. The van der Waals surface area contributed by atoms with Gasteiger partial charge in [-0.3, -0.25) is 4.79 Å². The van der Waals surface area contributed by atoms with Crippen molar-refractivity contribution < 1.29 is 13.2 Å². The third-order valence-corrected chi connectivity index (χ3v) is 7.91. The van der Waals surface area contributed by atoms with Crippen LogP contribution in [0.15, 0.2) is 101 Å². The third kappa shape index (κ3) is 5.50. The monoisotopic (exact) mass is 462 g/mol. The Balaban J connectivity index is 1.34. The summed E-state index contributed by atoms with van der Waals surface area (Å²) < 4.78 is 28.3. The first-order valence-corrected chi connectivity index (χ1v) is 12.4. The lowest BCUT2D eigenvalue weighted by Gasteiger charge is -2.08. The highest BCUT2D eigenvalue weighted by atomic mass is 32.2. The number of amides is 1. The van der Waals surface area contributed by atoms with Gasteiger partial charge in [-0.1, -0.05) is 72.8 Å². The van der Waals surface area contributed by atoms with Crippen molar-refractivity contribution in [2.45, 2.75) is 17.3 Å². The molecule has 4 rings (SSSR count). The predicted molar refractivity (Wildman–Crippen MR) is 128 cm³/mol. The van der Waals surface area contributed by atoms with Gasteiger partial charge in [-0.25, -0.2) is 13.1 Å². The molecule has 0 radical (unpaired) electrons. The van der Waals surface area contributed by atoms with Crippen LogP contribution in [0.2, 0.25) is 0 Å². The molecule has 3 aromatic carbocycles. The molecule has 0 aliphatic carbocycles. The molecule has 2 N–H and O–H groups in total. The van der Waals surface area contributed by atoms with Gasteiger partial charge in [0.1, 0.15) is 4.21 Å². The van der Waals surface area contributed by atoms with Gasteiger partial charge in [0.15, 0.2) is 0 Å². The van der Waals surface area contributed by atoms with E-state index in [9.17, 15) is 13.2 Å². The Morgan fingerprint density at radius 3 is 2.03 bits per heavy atom. The van der Waals surface area contributed by atoms with Crippen molar-refractivity contribution in [1.29, 1.82) is 0 Å². The quantitative estimate of drug-likeness (QED) is 0.394. The maximum absolute atomic E-state index is 12.7. The Labute approximate surface area is 191 Å². The van der Waals surface area contributed by atoms with E-state index in [-0.39, 0.29) is 16.7 Å². The summed E-state index contributed by atoms with van der Waals surface area (Å²) in [4.78, 5) is 13.2. The fourth-order valence-corrected chi connectivity index (χ4v) is 5.50. The molecular formula is C25H22N2O3S2. The summed E-state index contributed by atoms with van der Waals surface area (Å²) in [5.74, 6) is -0.173. The molecule has 0 atom stereocenters. The summed E-state index contributed by atoms with van der Waals surface area (Å²) >= 11 is 1.23. The maximum Gasteiger partial charge on any atom is 0.251 e. The van der Waals surface area contributed by atoms with Crippen molar-refractivity contribution in [2.75, 3.05) is 0 Å². The first-order chi connectivity index (χ1) is 15.5. The van der Waals surface area contributed by atoms with Gasteiger partial charge in [0.2, 0.25) is 10.0 Å². The van der Waals surface area contributed by atoms with Gasteiger partial charge in [-0.05, 0) is 41.0 Å². The van der Waals surface area contributed by atoms with Crippen LogP contribution in [0.3, 0.4) is 0 Å². The fourth-order valence-electron chi connectivity index (χ4n) is 3.13. The van der Waals surface area contributed by atoms with Crippen molar-refractivity contribution in [3.8, 4) is 10.4 Å². The van der Waals surface area contributed by atoms with Gasteiger partial charge >= 0.3 is 0 Å². The Morgan fingerprint density at radius 1 is 0.719 bits per heavy atom. The summed E-state index contributed by atoms with van der Waals surface area (Å²) in [6.07, 6.45) is 0. The second kappa shape index (κ2) is 9.91. The van der Waals surface area contributed by atoms with Gasteiger partial charge < -0.3 is 5.32 Å². The van der Waals surface area contributed by atoms with Crippen molar-refractivity contribution in [2.24, 2.45) is 0 Å². The molecule has 0 spiro atoms. The first kappa shape index (κ1) is 22.0. The molecule has 5 nitrogen and oxygen atoms in total. The van der Waals surface area contributed by atoms with Crippen molar-refractivity contribution in [3.05, 3.63) is 114 Å². The molecule has 1 aromatic heterocycles. The van der Waals surface area contributed by atoms with Gasteiger partial charge in [-0.2, -0.15) is 0 Å². The SMILES string of the molecule is O=C(NCc1ccccc1)c1ccc(CNS(=O)(=O)c2ccc(-c3ccccc3)s2)cc1. The van der Waals surface area contributed by atoms with E-state index in [4.69, 9.17) is 0 Å². The molecule has 7 heteroatoms. The Hall–Kier alpha value is -3.26. The summed E-state index contributed by atoms with van der Waals surface area (Å²) in [5.41, 5.74) is 3.31. The number of benzene rings is 3. The summed E-state index contributed by atoms with van der Waals surface area (Å²) in [5, 5.41) is 2.88. The number of carbonyl (C=O) groups excluding carboxylic acids is 1.